The quantitative estimate of drug-likeness (QED) is 0.496. The summed E-state index contributed by atoms with van der Waals surface area (Å²) in [6.45, 7) is 6.96. The number of allylic oxidation sites excluding steroid dienone is 1. The summed E-state index contributed by atoms with van der Waals surface area (Å²) < 4.78 is 0. The molecule has 0 aromatic heterocycles. The molecule has 1 rings (SSSR count). The van der Waals surface area contributed by atoms with Gasteiger partial charge >= 0.3 is 0 Å². The molecule has 0 aliphatic heterocycles. The van der Waals surface area contributed by atoms with Crippen molar-refractivity contribution < 1.29 is 9.90 Å². The summed E-state index contributed by atoms with van der Waals surface area (Å²) in [5, 5.41) is 20.0. The molecule has 0 saturated carbocycles. The zero-order valence-corrected chi connectivity index (χ0v) is 11.6. The van der Waals surface area contributed by atoms with E-state index in [1.165, 1.54) is 6.92 Å². The van der Waals surface area contributed by atoms with Gasteiger partial charge in [-0.3, -0.25) is 4.79 Å². The van der Waals surface area contributed by atoms with E-state index in [0.717, 1.165) is 0 Å². The lowest BCUT2D eigenvalue weighted by molar-refractivity contribution is -0.119. The minimum atomic E-state index is -0.452. The molecule has 1 aromatic carbocycles. The van der Waals surface area contributed by atoms with Crippen LogP contribution in [0.25, 0.3) is 0 Å². The molecule has 0 bridgehead atoms. The molecule has 1 aromatic rings. The van der Waals surface area contributed by atoms with Crippen molar-refractivity contribution in [2.75, 3.05) is 0 Å². The molecule has 0 atom stereocenters. The van der Waals surface area contributed by atoms with Gasteiger partial charge in [-0.1, -0.05) is 18.2 Å². The standard InChI is InChI=1S/C14H19N3O2/c1-10(18)12(13(19)15-14(2,3)4)17-16-11-8-6-5-7-9-11/h5-9,18H,1-4H3,(H,15,19). The lowest BCUT2D eigenvalue weighted by Gasteiger charge is -2.20. The predicted octanol–water partition coefficient (Wildman–Crippen LogP) is 3.47. The van der Waals surface area contributed by atoms with Crippen molar-refractivity contribution in [1.29, 1.82) is 0 Å². The van der Waals surface area contributed by atoms with Gasteiger partial charge in [0.2, 0.25) is 0 Å². The first-order valence-electron chi connectivity index (χ1n) is 5.99. The Morgan fingerprint density at radius 1 is 1.21 bits per heavy atom. The third-order valence-corrected chi connectivity index (χ3v) is 2.07. The fraction of sp³-hybridized carbons (Fsp3) is 0.357. The first kappa shape index (κ1) is 14.9. The number of benzene rings is 1. The molecule has 0 unspecified atom stereocenters. The van der Waals surface area contributed by atoms with Crippen molar-refractivity contribution >= 4 is 11.6 Å². The van der Waals surface area contributed by atoms with E-state index >= 15 is 0 Å². The van der Waals surface area contributed by atoms with Crippen molar-refractivity contribution in [2.45, 2.75) is 33.2 Å². The Bertz CT molecular complexity index is 495. The van der Waals surface area contributed by atoms with Gasteiger partial charge in [0, 0.05) is 5.54 Å². The number of hydrogen-bond acceptors (Lipinski definition) is 4. The van der Waals surface area contributed by atoms with E-state index in [0.29, 0.717) is 5.69 Å². The van der Waals surface area contributed by atoms with Crippen molar-refractivity contribution in [3.8, 4) is 0 Å². The monoisotopic (exact) mass is 261 g/mol. The van der Waals surface area contributed by atoms with Gasteiger partial charge in [0.1, 0.15) is 5.76 Å². The minimum absolute atomic E-state index is 0.0845. The number of hydrogen-bond donors (Lipinski definition) is 2. The Balaban J connectivity index is 2.90. The topological polar surface area (TPSA) is 74.0 Å². The van der Waals surface area contributed by atoms with Crippen LogP contribution in [0, 0.1) is 0 Å². The van der Waals surface area contributed by atoms with Gasteiger partial charge < -0.3 is 10.4 Å². The molecule has 0 spiro atoms. The number of aliphatic hydroxyl groups excluding tert-OH is 1. The fourth-order valence-corrected chi connectivity index (χ4v) is 1.28. The normalized spacial score (nSPS) is 13.3. The average molecular weight is 261 g/mol. The van der Waals surface area contributed by atoms with Crippen LogP contribution in [-0.2, 0) is 4.79 Å². The number of rotatable bonds is 3. The van der Waals surface area contributed by atoms with Gasteiger partial charge in [-0.15, -0.1) is 5.11 Å². The van der Waals surface area contributed by atoms with Crippen LogP contribution in [0.3, 0.4) is 0 Å². The highest BCUT2D eigenvalue weighted by atomic mass is 16.3. The number of amides is 1. The second-order valence-electron chi connectivity index (χ2n) is 5.17. The Kier molecular flexibility index (Phi) is 4.80. The van der Waals surface area contributed by atoms with Gasteiger partial charge in [0.05, 0.1) is 5.69 Å². The van der Waals surface area contributed by atoms with Crippen LogP contribution >= 0.6 is 0 Å². The van der Waals surface area contributed by atoms with Crippen LogP contribution in [0.15, 0.2) is 52.0 Å². The summed E-state index contributed by atoms with van der Waals surface area (Å²) in [7, 11) is 0. The molecule has 19 heavy (non-hydrogen) atoms. The Hall–Kier alpha value is -2.17. The zero-order chi connectivity index (χ0) is 14.5. The van der Waals surface area contributed by atoms with E-state index in [9.17, 15) is 9.90 Å². The maximum absolute atomic E-state index is 11.9. The molecule has 0 aliphatic carbocycles. The van der Waals surface area contributed by atoms with E-state index < -0.39 is 11.4 Å². The van der Waals surface area contributed by atoms with Crippen LogP contribution < -0.4 is 5.32 Å². The zero-order valence-electron chi connectivity index (χ0n) is 11.6. The van der Waals surface area contributed by atoms with E-state index in [2.05, 4.69) is 15.5 Å². The number of nitrogens with zero attached hydrogens (tertiary/aromatic N) is 2. The first-order valence-corrected chi connectivity index (χ1v) is 5.99. The van der Waals surface area contributed by atoms with Gasteiger partial charge in [0.15, 0.2) is 5.70 Å². The number of nitrogens with one attached hydrogen (secondary N) is 1. The maximum atomic E-state index is 11.9. The Morgan fingerprint density at radius 3 is 2.26 bits per heavy atom. The highest BCUT2D eigenvalue weighted by Gasteiger charge is 2.19. The number of carbonyl (C=O) groups is 1. The molecule has 102 valence electrons. The second-order valence-corrected chi connectivity index (χ2v) is 5.17. The van der Waals surface area contributed by atoms with Crippen LogP contribution in [0.1, 0.15) is 27.7 Å². The molecule has 1 amide bonds. The number of azo groups is 1. The summed E-state index contributed by atoms with van der Waals surface area (Å²) in [5.74, 6) is -0.617. The number of aliphatic hydroxyl groups is 1. The third-order valence-electron chi connectivity index (χ3n) is 2.07. The van der Waals surface area contributed by atoms with E-state index in [4.69, 9.17) is 0 Å². The highest BCUT2D eigenvalue weighted by molar-refractivity contribution is 5.93. The molecule has 5 heteroatoms. The van der Waals surface area contributed by atoms with Crippen molar-refractivity contribution in [3.05, 3.63) is 41.8 Å². The lowest BCUT2D eigenvalue weighted by Crippen LogP contribution is -2.41. The Morgan fingerprint density at radius 2 is 1.79 bits per heavy atom. The highest BCUT2D eigenvalue weighted by Crippen LogP contribution is 2.14. The molecule has 0 fully saturated rings. The van der Waals surface area contributed by atoms with E-state index in [1.807, 2.05) is 39.0 Å². The van der Waals surface area contributed by atoms with Gasteiger partial charge in [-0.2, -0.15) is 5.11 Å². The van der Waals surface area contributed by atoms with Crippen LogP contribution in [0.5, 0.6) is 0 Å². The molecule has 2 N–H and O–H groups in total. The summed E-state index contributed by atoms with van der Waals surface area (Å²) in [6.07, 6.45) is 0. The molecular formula is C14H19N3O2. The van der Waals surface area contributed by atoms with Crippen LogP contribution in [-0.4, -0.2) is 16.6 Å². The molecule has 0 heterocycles. The number of carbonyl (C=O) groups excluding carboxylic acids is 1. The molecule has 5 nitrogen and oxygen atoms in total. The lowest BCUT2D eigenvalue weighted by atomic mass is 10.1. The third kappa shape index (κ3) is 5.33. The van der Waals surface area contributed by atoms with Crippen LogP contribution in [0.4, 0.5) is 5.69 Å². The average Bonchev–Trinajstić information content (AvgIpc) is 2.27. The predicted molar refractivity (Wildman–Crippen MR) is 74.2 cm³/mol. The summed E-state index contributed by atoms with van der Waals surface area (Å²) in [5.41, 5.74) is 0.128. The van der Waals surface area contributed by atoms with E-state index in [-0.39, 0.29) is 11.5 Å². The molecule has 0 saturated heterocycles. The van der Waals surface area contributed by atoms with Gasteiger partial charge in [-0.25, -0.2) is 0 Å². The summed E-state index contributed by atoms with van der Waals surface area (Å²) >= 11 is 0. The largest absolute Gasteiger partial charge is 0.510 e. The molecule has 0 radical (unpaired) electrons. The van der Waals surface area contributed by atoms with E-state index in [1.54, 1.807) is 12.1 Å². The van der Waals surface area contributed by atoms with Gasteiger partial charge in [-0.05, 0) is 39.8 Å². The molecule has 0 aliphatic rings. The summed E-state index contributed by atoms with van der Waals surface area (Å²) in [6, 6.07) is 9.02. The SMILES string of the molecule is CC(O)=C(N=Nc1ccccc1)C(=O)NC(C)(C)C. The maximum Gasteiger partial charge on any atom is 0.275 e. The van der Waals surface area contributed by atoms with Crippen LogP contribution in [0.2, 0.25) is 0 Å². The minimum Gasteiger partial charge on any atom is -0.510 e. The summed E-state index contributed by atoms with van der Waals surface area (Å²) in [4.78, 5) is 11.9. The van der Waals surface area contributed by atoms with Crippen molar-refractivity contribution in [1.82, 2.24) is 5.32 Å². The first-order chi connectivity index (χ1) is 8.79. The second kappa shape index (κ2) is 6.13. The van der Waals surface area contributed by atoms with Crippen molar-refractivity contribution in [3.63, 3.8) is 0 Å². The Labute approximate surface area is 113 Å². The fourth-order valence-electron chi connectivity index (χ4n) is 1.28. The molecular weight excluding hydrogens is 242 g/mol. The smallest absolute Gasteiger partial charge is 0.275 e. The van der Waals surface area contributed by atoms with Gasteiger partial charge in [0.25, 0.3) is 5.91 Å². The van der Waals surface area contributed by atoms with Crippen molar-refractivity contribution in [2.24, 2.45) is 10.2 Å².